The van der Waals surface area contributed by atoms with Gasteiger partial charge in [0, 0.05) is 12.0 Å². The summed E-state index contributed by atoms with van der Waals surface area (Å²) in [5.74, 6) is -0.202. The molecule has 0 radical (unpaired) electrons. The molecule has 2 heterocycles. The van der Waals surface area contributed by atoms with Crippen LogP contribution in [0, 0.1) is 13.8 Å². The highest BCUT2D eigenvalue weighted by molar-refractivity contribution is 7.15. The fourth-order valence-corrected chi connectivity index (χ4v) is 3.46. The number of aromatic hydroxyl groups is 1. The van der Waals surface area contributed by atoms with Gasteiger partial charge in [0.05, 0.1) is 5.69 Å². The van der Waals surface area contributed by atoms with Crippen LogP contribution in [0.3, 0.4) is 0 Å². The minimum absolute atomic E-state index is 0.143. The van der Waals surface area contributed by atoms with E-state index in [9.17, 15) is 9.90 Å². The van der Waals surface area contributed by atoms with E-state index in [-0.39, 0.29) is 11.7 Å². The molecule has 0 bridgehead atoms. The van der Waals surface area contributed by atoms with Gasteiger partial charge in [-0.1, -0.05) is 24.3 Å². The molecule has 0 fully saturated rings. The molecule has 130 valence electrons. The van der Waals surface area contributed by atoms with E-state index in [1.165, 1.54) is 11.3 Å². The molecule has 3 rings (SSSR count). The number of nitrogens with one attached hydrogen (secondary N) is 2. The zero-order valence-electron chi connectivity index (χ0n) is 14.3. The average Bonchev–Trinajstić information content (AvgIpc) is 3.16. The lowest BCUT2D eigenvalue weighted by molar-refractivity contribution is 0.102. The van der Waals surface area contributed by atoms with E-state index in [1.54, 1.807) is 12.1 Å². The largest absolute Gasteiger partial charge is 0.507 e. The number of carbonyl (C=O) groups is 1. The molecule has 2 aromatic heterocycles. The van der Waals surface area contributed by atoms with Crippen LogP contribution in [0.5, 0.6) is 5.75 Å². The number of hydrogen-bond acceptors (Lipinski definition) is 6. The van der Waals surface area contributed by atoms with Gasteiger partial charge in [-0.15, -0.1) is 10.2 Å². The maximum atomic E-state index is 12.3. The summed E-state index contributed by atoms with van der Waals surface area (Å²) in [5.41, 5.74) is 3.28. The Morgan fingerprint density at radius 3 is 2.80 bits per heavy atom. The number of rotatable bonds is 5. The first-order valence-corrected chi connectivity index (χ1v) is 8.79. The number of phenols is 1. The second kappa shape index (κ2) is 7.02. The molecular weight excluding hydrogens is 338 g/mol. The second-order valence-electron chi connectivity index (χ2n) is 5.85. The Morgan fingerprint density at radius 1 is 1.28 bits per heavy atom. The molecule has 0 saturated heterocycles. The SMILES string of the molecule is CCCc1nnc(NC(=O)c2cc(-c3c(C)cc(C)cc3O)n[nH]2)s1. The lowest BCUT2D eigenvalue weighted by Crippen LogP contribution is -2.12. The van der Waals surface area contributed by atoms with E-state index in [4.69, 9.17) is 0 Å². The van der Waals surface area contributed by atoms with Crippen molar-refractivity contribution in [2.24, 2.45) is 0 Å². The maximum absolute atomic E-state index is 12.3. The molecule has 7 nitrogen and oxygen atoms in total. The monoisotopic (exact) mass is 357 g/mol. The molecule has 1 aromatic carbocycles. The molecule has 3 aromatic rings. The topological polar surface area (TPSA) is 104 Å². The van der Waals surface area contributed by atoms with Crippen LogP contribution in [0.2, 0.25) is 0 Å². The number of aromatic nitrogens is 4. The van der Waals surface area contributed by atoms with E-state index in [0.717, 1.165) is 29.0 Å². The van der Waals surface area contributed by atoms with Crippen molar-refractivity contribution in [3.05, 3.63) is 40.0 Å². The summed E-state index contributed by atoms with van der Waals surface area (Å²) in [6, 6.07) is 5.24. The number of nitrogens with zero attached hydrogens (tertiary/aromatic N) is 3. The van der Waals surface area contributed by atoms with Crippen molar-refractivity contribution in [3.8, 4) is 17.0 Å². The number of aromatic amines is 1. The normalized spacial score (nSPS) is 10.8. The Balaban J connectivity index is 1.80. The van der Waals surface area contributed by atoms with E-state index >= 15 is 0 Å². The van der Waals surface area contributed by atoms with Crippen molar-refractivity contribution < 1.29 is 9.90 Å². The molecule has 0 spiro atoms. The molecule has 8 heteroatoms. The van der Waals surface area contributed by atoms with Crippen molar-refractivity contribution in [2.75, 3.05) is 5.32 Å². The summed E-state index contributed by atoms with van der Waals surface area (Å²) in [6.07, 6.45) is 1.82. The summed E-state index contributed by atoms with van der Waals surface area (Å²) >= 11 is 1.36. The number of hydrogen-bond donors (Lipinski definition) is 3. The van der Waals surface area contributed by atoms with Crippen molar-refractivity contribution in [1.82, 2.24) is 20.4 Å². The molecule has 0 saturated carbocycles. The molecule has 25 heavy (non-hydrogen) atoms. The van der Waals surface area contributed by atoms with Gasteiger partial charge < -0.3 is 5.11 Å². The van der Waals surface area contributed by atoms with Crippen molar-refractivity contribution in [2.45, 2.75) is 33.6 Å². The second-order valence-corrected chi connectivity index (χ2v) is 6.91. The molecule has 3 N–H and O–H groups in total. The van der Waals surface area contributed by atoms with Gasteiger partial charge >= 0.3 is 0 Å². The van der Waals surface area contributed by atoms with Crippen LogP contribution in [0.25, 0.3) is 11.3 Å². The van der Waals surface area contributed by atoms with Gasteiger partial charge in [-0.25, -0.2) is 0 Å². The molecule has 0 aliphatic carbocycles. The number of carbonyl (C=O) groups excluding carboxylic acids is 1. The van der Waals surface area contributed by atoms with Crippen LogP contribution in [-0.2, 0) is 6.42 Å². The van der Waals surface area contributed by atoms with Crippen LogP contribution < -0.4 is 5.32 Å². The first kappa shape index (κ1) is 17.1. The van der Waals surface area contributed by atoms with Gasteiger partial charge in [0.25, 0.3) is 5.91 Å². The van der Waals surface area contributed by atoms with Gasteiger partial charge in [0.2, 0.25) is 5.13 Å². The first-order valence-electron chi connectivity index (χ1n) is 7.97. The van der Waals surface area contributed by atoms with E-state index < -0.39 is 0 Å². The first-order chi connectivity index (χ1) is 12.0. The molecule has 0 aliphatic heterocycles. The zero-order chi connectivity index (χ0) is 18.0. The molecule has 0 aliphatic rings. The lowest BCUT2D eigenvalue weighted by atomic mass is 10.0. The van der Waals surface area contributed by atoms with Gasteiger partial charge in [-0.3, -0.25) is 15.2 Å². The Kier molecular flexibility index (Phi) is 4.80. The summed E-state index contributed by atoms with van der Waals surface area (Å²) < 4.78 is 0. The number of amides is 1. The summed E-state index contributed by atoms with van der Waals surface area (Å²) in [4.78, 5) is 12.3. The van der Waals surface area contributed by atoms with Gasteiger partial charge in [-0.2, -0.15) is 5.10 Å². The van der Waals surface area contributed by atoms with Gasteiger partial charge in [-0.05, 0) is 43.5 Å². The summed E-state index contributed by atoms with van der Waals surface area (Å²) in [6.45, 7) is 5.87. The van der Waals surface area contributed by atoms with E-state index in [0.29, 0.717) is 22.1 Å². The number of anilines is 1. The van der Waals surface area contributed by atoms with Crippen LogP contribution >= 0.6 is 11.3 Å². The highest BCUT2D eigenvalue weighted by Gasteiger charge is 2.17. The third-order valence-corrected chi connectivity index (χ3v) is 4.59. The predicted octanol–water partition coefficient (Wildman–Crippen LogP) is 3.46. The number of benzene rings is 1. The lowest BCUT2D eigenvalue weighted by Gasteiger charge is -2.06. The molecule has 0 unspecified atom stereocenters. The Labute approximate surface area is 149 Å². The molecule has 1 amide bonds. The Hall–Kier alpha value is -2.74. The highest BCUT2D eigenvalue weighted by Crippen LogP contribution is 2.32. The highest BCUT2D eigenvalue weighted by atomic mass is 32.1. The third kappa shape index (κ3) is 3.69. The zero-order valence-corrected chi connectivity index (χ0v) is 15.1. The molecular formula is C17H19N5O2S. The summed E-state index contributed by atoms with van der Waals surface area (Å²) in [7, 11) is 0. The quantitative estimate of drug-likeness (QED) is 0.649. The summed E-state index contributed by atoms with van der Waals surface area (Å²) in [5, 5.41) is 29.1. The minimum atomic E-state index is -0.345. The van der Waals surface area contributed by atoms with Crippen LogP contribution in [-0.4, -0.2) is 31.4 Å². The van der Waals surface area contributed by atoms with Gasteiger partial charge in [0.15, 0.2) is 0 Å². The smallest absolute Gasteiger partial charge is 0.275 e. The molecule has 0 atom stereocenters. The standard InChI is InChI=1S/C17H19N5O2S/c1-4-5-14-21-22-17(25-14)18-16(24)12-8-11(19-20-12)15-10(3)6-9(2)7-13(15)23/h6-8,23H,4-5H2,1-3H3,(H,19,20)(H,18,22,24). The van der Waals surface area contributed by atoms with E-state index in [1.807, 2.05) is 19.9 Å². The average molecular weight is 357 g/mol. The fraction of sp³-hybridized carbons (Fsp3) is 0.294. The van der Waals surface area contributed by atoms with Crippen molar-refractivity contribution in [3.63, 3.8) is 0 Å². The van der Waals surface area contributed by atoms with Crippen LogP contribution in [0.4, 0.5) is 5.13 Å². The van der Waals surface area contributed by atoms with Crippen LogP contribution in [0.15, 0.2) is 18.2 Å². The van der Waals surface area contributed by atoms with Gasteiger partial charge in [0.1, 0.15) is 16.5 Å². The van der Waals surface area contributed by atoms with E-state index in [2.05, 4.69) is 32.6 Å². The Morgan fingerprint density at radius 2 is 2.08 bits per heavy atom. The third-order valence-electron chi connectivity index (χ3n) is 3.69. The number of aryl methyl sites for hydroxylation is 3. The maximum Gasteiger partial charge on any atom is 0.275 e. The Bertz CT molecular complexity index is 892. The number of H-pyrrole nitrogens is 1. The minimum Gasteiger partial charge on any atom is -0.507 e. The fourth-order valence-electron chi connectivity index (χ4n) is 2.63. The van der Waals surface area contributed by atoms with Crippen molar-refractivity contribution in [1.29, 1.82) is 0 Å². The predicted molar refractivity (Wildman–Crippen MR) is 97.0 cm³/mol. The number of phenolic OH excluding ortho intramolecular Hbond substituents is 1. The van der Waals surface area contributed by atoms with Crippen molar-refractivity contribution >= 4 is 22.4 Å². The van der Waals surface area contributed by atoms with Crippen LogP contribution in [0.1, 0.15) is 40.0 Å².